The minimum absolute atomic E-state index is 0.252. The summed E-state index contributed by atoms with van der Waals surface area (Å²) in [6, 6.07) is 0.753. The van der Waals surface area contributed by atoms with Crippen LogP contribution in [-0.4, -0.2) is 18.0 Å². The van der Waals surface area contributed by atoms with Gasteiger partial charge in [-0.05, 0) is 51.4 Å². The summed E-state index contributed by atoms with van der Waals surface area (Å²) < 4.78 is 0. The number of hydrogen-bond donors (Lipinski definition) is 2. The number of amides is 1. The van der Waals surface area contributed by atoms with Crippen LogP contribution in [0.1, 0.15) is 84.0 Å². The fourth-order valence-electron chi connectivity index (χ4n) is 4.07. The maximum atomic E-state index is 12.5. The van der Waals surface area contributed by atoms with Crippen LogP contribution in [0.5, 0.6) is 0 Å². The number of nitrogens with two attached hydrogens (primary N) is 1. The fourth-order valence-corrected chi connectivity index (χ4v) is 4.07. The molecule has 0 heterocycles. The van der Waals surface area contributed by atoms with Crippen LogP contribution in [-0.2, 0) is 4.79 Å². The van der Waals surface area contributed by atoms with Gasteiger partial charge >= 0.3 is 0 Å². The minimum atomic E-state index is 0.252. The van der Waals surface area contributed by atoms with Gasteiger partial charge in [0.15, 0.2) is 0 Å². The van der Waals surface area contributed by atoms with E-state index in [1.165, 1.54) is 51.4 Å². The van der Waals surface area contributed by atoms with Gasteiger partial charge < -0.3 is 11.1 Å². The number of rotatable bonds is 3. The molecule has 21 heavy (non-hydrogen) atoms. The lowest BCUT2D eigenvalue weighted by molar-refractivity contribution is -0.126. The molecule has 3 nitrogen and oxygen atoms in total. The zero-order valence-corrected chi connectivity index (χ0v) is 13.8. The van der Waals surface area contributed by atoms with E-state index in [4.69, 9.17) is 5.73 Å². The summed E-state index contributed by atoms with van der Waals surface area (Å²) in [7, 11) is 0. The number of carbonyl (C=O) groups is 1. The van der Waals surface area contributed by atoms with Crippen LogP contribution in [0.2, 0.25) is 0 Å². The second-order valence-electron chi connectivity index (χ2n) is 7.38. The Balaban J connectivity index is 1.77. The molecule has 0 aliphatic heterocycles. The SMILES string of the molecule is C[C@@H](N)C1CCCC(C(=O)NC2CCCCCC2)CCC1. The highest BCUT2D eigenvalue weighted by molar-refractivity contribution is 5.78. The standard InChI is InChI=1S/C18H34N2O/c1-14(19)15-8-6-10-16(11-7-9-15)18(21)20-17-12-4-2-3-5-13-17/h14-17H,2-13,19H2,1H3,(H,20,21)/t14-,15?,16?/m1/s1. The lowest BCUT2D eigenvalue weighted by Crippen LogP contribution is -2.39. The molecule has 0 radical (unpaired) electrons. The quantitative estimate of drug-likeness (QED) is 0.779. The van der Waals surface area contributed by atoms with E-state index >= 15 is 0 Å². The van der Waals surface area contributed by atoms with E-state index in [2.05, 4.69) is 12.2 Å². The van der Waals surface area contributed by atoms with Crippen molar-refractivity contribution in [3.63, 3.8) is 0 Å². The van der Waals surface area contributed by atoms with Crippen molar-refractivity contribution in [1.82, 2.24) is 5.32 Å². The molecule has 0 unspecified atom stereocenters. The van der Waals surface area contributed by atoms with E-state index in [0.29, 0.717) is 23.9 Å². The molecule has 3 N–H and O–H groups in total. The summed E-state index contributed by atoms with van der Waals surface area (Å²) in [5.41, 5.74) is 6.04. The first kappa shape index (κ1) is 16.8. The molecule has 0 spiro atoms. The molecule has 2 aliphatic rings. The first-order valence-corrected chi connectivity index (χ1v) is 9.22. The molecule has 2 fully saturated rings. The van der Waals surface area contributed by atoms with Gasteiger partial charge in [0, 0.05) is 18.0 Å². The molecule has 0 bridgehead atoms. The van der Waals surface area contributed by atoms with Gasteiger partial charge in [0.1, 0.15) is 0 Å². The van der Waals surface area contributed by atoms with Crippen molar-refractivity contribution < 1.29 is 4.79 Å². The lowest BCUT2D eigenvalue weighted by Gasteiger charge is -2.27. The van der Waals surface area contributed by atoms with Crippen LogP contribution in [0.15, 0.2) is 0 Å². The molecule has 1 atom stereocenters. The molecule has 1 amide bonds. The molecule has 0 aromatic heterocycles. The van der Waals surface area contributed by atoms with Gasteiger partial charge in [-0.1, -0.05) is 38.5 Å². The Morgan fingerprint density at radius 1 is 0.905 bits per heavy atom. The van der Waals surface area contributed by atoms with Crippen molar-refractivity contribution in [2.45, 2.75) is 96.1 Å². The van der Waals surface area contributed by atoms with Crippen LogP contribution in [0.3, 0.4) is 0 Å². The third kappa shape index (κ3) is 5.61. The highest BCUT2D eigenvalue weighted by atomic mass is 16.1. The average Bonchev–Trinajstić information content (AvgIpc) is 2.66. The summed E-state index contributed by atoms with van der Waals surface area (Å²) in [6.07, 6.45) is 14.5. The van der Waals surface area contributed by atoms with Gasteiger partial charge in [-0.25, -0.2) is 0 Å². The van der Waals surface area contributed by atoms with E-state index in [9.17, 15) is 4.79 Å². The maximum Gasteiger partial charge on any atom is 0.223 e. The van der Waals surface area contributed by atoms with Crippen molar-refractivity contribution in [3.05, 3.63) is 0 Å². The topological polar surface area (TPSA) is 55.1 Å². The number of hydrogen-bond acceptors (Lipinski definition) is 2. The molecular weight excluding hydrogens is 260 g/mol. The Kier molecular flexibility index (Phi) is 7.01. The molecular formula is C18H34N2O. The molecule has 2 aliphatic carbocycles. The molecule has 2 rings (SSSR count). The van der Waals surface area contributed by atoms with Gasteiger partial charge in [0.05, 0.1) is 0 Å². The van der Waals surface area contributed by atoms with Crippen LogP contribution < -0.4 is 11.1 Å². The minimum Gasteiger partial charge on any atom is -0.353 e. The summed E-state index contributed by atoms with van der Waals surface area (Å²) in [5, 5.41) is 3.35. The molecule has 0 aromatic rings. The maximum absolute atomic E-state index is 12.5. The zero-order chi connectivity index (χ0) is 15.1. The lowest BCUT2D eigenvalue weighted by atomic mass is 9.82. The van der Waals surface area contributed by atoms with Gasteiger partial charge in [-0.2, -0.15) is 0 Å². The van der Waals surface area contributed by atoms with Crippen molar-refractivity contribution in [2.75, 3.05) is 0 Å². The van der Waals surface area contributed by atoms with Crippen LogP contribution in [0.25, 0.3) is 0 Å². The van der Waals surface area contributed by atoms with E-state index in [-0.39, 0.29) is 5.92 Å². The van der Waals surface area contributed by atoms with Gasteiger partial charge in [-0.3, -0.25) is 4.79 Å². The number of nitrogens with one attached hydrogen (secondary N) is 1. The zero-order valence-electron chi connectivity index (χ0n) is 13.8. The summed E-state index contributed by atoms with van der Waals surface area (Å²) in [6.45, 7) is 2.13. The smallest absolute Gasteiger partial charge is 0.223 e. The Labute approximate surface area is 130 Å². The number of carbonyl (C=O) groups excluding carboxylic acids is 1. The predicted octanol–water partition coefficient (Wildman–Crippen LogP) is 3.76. The average molecular weight is 294 g/mol. The fraction of sp³-hybridized carbons (Fsp3) is 0.944. The first-order chi connectivity index (χ1) is 10.2. The highest BCUT2D eigenvalue weighted by Crippen LogP contribution is 2.28. The van der Waals surface area contributed by atoms with Crippen LogP contribution in [0.4, 0.5) is 0 Å². The normalized spacial score (nSPS) is 30.8. The van der Waals surface area contributed by atoms with E-state index < -0.39 is 0 Å². The van der Waals surface area contributed by atoms with Gasteiger partial charge in [-0.15, -0.1) is 0 Å². The van der Waals surface area contributed by atoms with Crippen LogP contribution >= 0.6 is 0 Å². The van der Waals surface area contributed by atoms with Gasteiger partial charge in [0.25, 0.3) is 0 Å². The molecule has 122 valence electrons. The van der Waals surface area contributed by atoms with E-state index in [1.807, 2.05) is 0 Å². The first-order valence-electron chi connectivity index (χ1n) is 9.22. The predicted molar refractivity (Wildman–Crippen MR) is 88.0 cm³/mol. The summed E-state index contributed by atoms with van der Waals surface area (Å²) in [5.74, 6) is 1.25. The van der Waals surface area contributed by atoms with Crippen molar-refractivity contribution in [3.8, 4) is 0 Å². The van der Waals surface area contributed by atoms with Gasteiger partial charge in [0.2, 0.25) is 5.91 Å². The highest BCUT2D eigenvalue weighted by Gasteiger charge is 2.25. The molecule has 0 aromatic carbocycles. The summed E-state index contributed by atoms with van der Waals surface area (Å²) in [4.78, 5) is 12.5. The van der Waals surface area contributed by atoms with Crippen LogP contribution in [0, 0.1) is 11.8 Å². The third-order valence-electron chi connectivity index (χ3n) is 5.57. The monoisotopic (exact) mass is 294 g/mol. The van der Waals surface area contributed by atoms with E-state index in [0.717, 1.165) is 25.7 Å². The Morgan fingerprint density at radius 3 is 2.00 bits per heavy atom. The largest absolute Gasteiger partial charge is 0.353 e. The van der Waals surface area contributed by atoms with Crippen molar-refractivity contribution in [1.29, 1.82) is 0 Å². The molecule has 3 heteroatoms. The Morgan fingerprint density at radius 2 is 1.48 bits per heavy atom. The second kappa shape index (κ2) is 8.77. The molecule has 0 saturated heterocycles. The third-order valence-corrected chi connectivity index (χ3v) is 5.57. The van der Waals surface area contributed by atoms with Crippen molar-refractivity contribution >= 4 is 5.91 Å². The summed E-state index contributed by atoms with van der Waals surface area (Å²) >= 11 is 0. The van der Waals surface area contributed by atoms with Crippen molar-refractivity contribution in [2.24, 2.45) is 17.6 Å². The second-order valence-corrected chi connectivity index (χ2v) is 7.38. The molecule has 2 saturated carbocycles. The Hall–Kier alpha value is -0.570. The Bertz CT molecular complexity index is 298. The van der Waals surface area contributed by atoms with E-state index in [1.54, 1.807) is 0 Å².